The van der Waals surface area contributed by atoms with Gasteiger partial charge in [-0.15, -0.1) is 0 Å². The second-order valence-corrected chi connectivity index (χ2v) is 5.50. The number of nitrogens with one attached hydrogen (secondary N) is 2. The minimum absolute atomic E-state index is 0.519. The third-order valence-corrected chi connectivity index (χ3v) is 3.97. The van der Waals surface area contributed by atoms with Crippen molar-refractivity contribution in [3.8, 4) is 0 Å². The monoisotopic (exact) mass is 250 g/mol. The summed E-state index contributed by atoms with van der Waals surface area (Å²) in [6.45, 7) is 8.37. The Morgan fingerprint density at radius 3 is 3.00 bits per heavy atom. The van der Waals surface area contributed by atoms with Crippen LogP contribution in [0, 0.1) is 0 Å². The molecular formula is C14H26N4. The number of aromatic nitrogens is 1. The van der Waals surface area contributed by atoms with Gasteiger partial charge in [0.2, 0.25) is 0 Å². The van der Waals surface area contributed by atoms with E-state index in [4.69, 9.17) is 5.73 Å². The number of hydrogen-bond acceptors (Lipinski definition) is 3. The number of fused-ring (bicyclic) bond motifs is 1. The van der Waals surface area contributed by atoms with E-state index >= 15 is 0 Å². The Morgan fingerprint density at radius 2 is 2.28 bits per heavy atom. The number of nitrogens with two attached hydrogens (primary N) is 1. The highest BCUT2D eigenvalue weighted by Gasteiger charge is 2.27. The van der Waals surface area contributed by atoms with Gasteiger partial charge in [0.05, 0.1) is 0 Å². The summed E-state index contributed by atoms with van der Waals surface area (Å²) in [5.41, 5.74) is 9.67. The van der Waals surface area contributed by atoms with Gasteiger partial charge in [-0.3, -0.25) is 4.90 Å². The van der Waals surface area contributed by atoms with Gasteiger partial charge in [0.15, 0.2) is 0 Å². The number of H-pyrrole nitrogens is 1. The lowest BCUT2D eigenvalue weighted by molar-refractivity contribution is 0.227. The lowest BCUT2D eigenvalue weighted by Crippen LogP contribution is -2.32. The summed E-state index contributed by atoms with van der Waals surface area (Å²) in [5.74, 6) is 0.596. The Bertz CT molecular complexity index is 385. The van der Waals surface area contributed by atoms with E-state index in [1.54, 1.807) is 0 Å². The lowest BCUT2D eigenvalue weighted by atomic mass is 9.93. The van der Waals surface area contributed by atoms with E-state index in [9.17, 15) is 0 Å². The van der Waals surface area contributed by atoms with E-state index in [-0.39, 0.29) is 0 Å². The van der Waals surface area contributed by atoms with Gasteiger partial charge in [-0.25, -0.2) is 0 Å². The Labute approximate surface area is 110 Å². The van der Waals surface area contributed by atoms with Crippen molar-refractivity contribution in [1.82, 2.24) is 15.2 Å². The summed E-state index contributed by atoms with van der Waals surface area (Å²) in [7, 11) is 2.20. The van der Waals surface area contributed by atoms with E-state index in [0.29, 0.717) is 12.0 Å². The summed E-state index contributed by atoms with van der Waals surface area (Å²) in [5, 5.41) is 3.43. The van der Waals surface area contributed by atoms with E-state index in [1.807, 2.05) is 0 Å². The highest BCUT2D eigenvalue weighted by Crippen LogP contribution is 2.34. The molecule has 0 saturated carbocycles. The predicted octanol–water partition coefficient (Wildman–Crippen LogP) is 1.56. The van der Waals surface area contributed by atoms with Crippen LogP contribution in [0.3, 0.4) is 0 Å². The molecule has 18 heavy (non-hydrogen) atoms. The SMILES string of the molecule is CC1CN(C)C(C)c2cc(CNCCCN)[nH]c21. The molecule has 2 unspecified atom stereocenters. The van der Waals surface area contributed by atoms with Crippen molar-refractivity contribution in [1.29, 1.82) is 0 Å². The molecule has 1 aromatic heterocycles. The topological polar surface area (TPSA) is 57.1 Å². The molecule has 1 aliphatic rings. The van der Waals surface area contributed by atoms with Crippen LogP contribution < -0.4 is 11.1 Å². The molecule has 1 aliphatic heterocycles. The van der Waals surface area contributed by atoms with Crippen molar-refractivity contribution in [2.45, 2.75) is 38.8 Å². The molecule has 2 rings (SSSR count). The molecule has 102 valence electrons. The fourth-order valence-corrected chi connectivity index (χ4v) is 2.76. The van der Waals surface area contributed by atoms with E-state index in [2.05, 4.69) is 42.2 Å². The Balaban J connectivity index is 2.03. The maximum absolute atomic E-state index is 5.49. The second kappa shape index (κ2) is 5.87. The van der Waals surface area contributed by atoms with Crippen LogP contribution in [0.15, 0.2) is 6.07 Å². The molecule has 4 heteroatoms. The molecule has 2 atom stereocenters. The quantitative estimate of drug-likeness (QED) is 0.695. The number of hydrogen-bond donors (Lipinski definition) is 3. The van der Waals surface area contributed by atoms with E-state index in [0.717, 1.165) is 32.6 Å². The lowest BCUT2D eigenvalue weighted by Gasteiger charge is -2.33. The minimum Gasteiger partial charge on any atom is -0.361 e. The zero-order valence-corrected chi connectivity index (χ0v) is 11.8. The zero-order chi connectivity index (χ0) is 13.1. The van der Waals surface area contributed by atoms with Crippen molar-refractivity contribution in [3.63, 3.8) is 0 Å². The van der Waals surface area contributed by atoms with Crippen molar-refractivity contribution in [2.24, 2.45) is 5.73 Å². The van der Waals surface area contributed by atoms with Crippen molar-refractivity contribution in [3.05, 3.63) is 23.0 Å². The van der Waals surface area contributed by atoms with Gasteiger partial charge in [-0.2, -0.15) is 0 Å². The molecule has 4 N–H and O–H groups in total. The van der Waals surface area contributed by atoms with Gasteiger partial charge in [-0.05, 0) is 45.1 Å². The summed E-state index contributed by atoms with van der Waals surface area (Å²) in [6.07, 6.45) is 1.04. The van der Waals surface area contributed by atoms with Crippen LogP contribution in [-0.4, -0.2) is 36.6 Å². The van der Waals surface area contributed by atoms with Crippen LogP contribution in [0.2, 0.25) is 0 Å². The smallest absolute Gasteiger partial charge is 0.0357 e. The van der Waals surface area contributed by atoms with Gasteiger partial charge in [0, 0.05) is 36.4 Å². The largest absolute Gasteiger partial charge is 0.361 e. The standard InChI is InChI=1S/C14H26N4/c1-10-9-18(3)11(2)13-7-12(17-14(10)13)8-16-6-4-5-15/h7,10-11,16-17H,4-6,8-9,15H2,1-3H3. The molecule has 0 fully saturated rings. The average Bonchev–Trinajstić information content (AvgIpc) is 2.77. The van der Waals surface area contributed by atoms with Crippen molar-refractivity contribution >= 4 is 0 Å². The molecule has 0 saturated heterocycles. The molecule has 0 spiro atoms. The van der Waals surface area contributed by atoms with Gasteiger partial charge < -0.3 is 16.0 Å². The maximum atomic E-state index is 5.49. The average molecular weight is 250 g/mol. The number of nitrogens with zero attached hydrogens (tertiary/aromatic N) is 1. The molecule has 1 aromatic rings. The third-order valence-electron chi connectivity index (χ3n) is 3.97. The molecule has 0 amide bonds. The summed E-state index contributed by atoms with van der Waals surface area (Å²) >= 11 is 0. The Kier molecular flexibility index (Phi) is 4.43. The summed E-state index contributed by atoms with van der Waals surface area (Å²) in [6, 6.07) is 2.84. The first-order valence-electron chi connectivity index (χ1n) is 6.96. The zero-order valence-electron chi connectivity index (χ0n) is 11.8. The first-order valence-corrected chi connectivity index (χ1v) is 6.96. The highest BCUT2D eigenvalue weighted by atomic mass is 15.1. The molecular weight excluding hydrogens is 224 g/mol. The van der Waals surface area contributed by atoms with Gasteiger partial charge in [-0.1, -0.05) is 6.92 Å². The molecule has 2 heterocycles. The molecule has 0 bridgehead atoms. The maximum Gasteiger partial charge on any atom is 0.0357 e. The fourth-order valence-electron chi connectivity index (χ4n) is 2.76. The number of aromatic amines is 1. The van der Waals surface area contributed by atoms with Gasteiger partial charge >= 0.3 is 0 Å². The molecule has 4 nitrogen and oxygen atoms in total. The summed E-state index contributed by atoms with van der Waals surface area (Å²) in [4.78, 5) is 6.01. The van der Waals surface area contributed by atoms with Crippen molar-refractivity contribution < 1.29 is 0 Å². The van der Waals surface area contributed by atoms with E-state index < -0.39 is 0 Å². The van der Waals surface area contributed by atoms with Crippen LogP contribution >= 0.6 is 0 Å². The first kappa shape index (κ1) is 13.6. The van der Waals surface area contributed by atoms with E-state index in [1.165, 1.54) is 17.0 Å². The van der Waals surface area contributed by atoms with Crippen LogP contribution in [-0.2, 0) is 6.54 Å². The minimum atomic E-state index is 0.519. The number of likely N-dealkylation sites (N-methyl/N-ethyl adjacent to an activating group) is 1. The van der Waals surface area contributed by atoms with Crippen molar-refractivity contribution in [2.75, 3.05) is 26.7 Å². The highest BCUT2D eigenvalue weighted by molar-refractivity contribution is 5.33. The first-order chi connectivity index (χ1) is 8.63. The number of rotatable bonds is 5. The second-order valence-electron chi connectivity index (χ2n) is 5.50. The fraction of sp³-hybridized carbons (Fsp3) is 0.714. The molecule has 0 aromatic carbocycles. The van der Waals surface area contributed by atoms with Crippen LogP contribution in [0.4, 0.5) is 0 Å². The van der Waals surface area contributed by atoms with Crippen LogP contribution in [0.25, 0.3) is 0 Å². The summed E-state index contributed by atoms with van der Waals surface area (Å²) < 4.78 is 0. The predicted molar refractivity (Wildman–Crippen MR) is 75.6 cm³/mol. The van der Waals surface area contributed by atoms with Gasteiger partial charge in [0.25, 0.3) is 0 Å². The molecule has 0 radical (unpaired) electrons. The third kappa shape index (κ3) is 2.76. The Morgan fingerprint density at radius 1 is 1.50 bits per heavy atom. The normalized spacial score (nSPS) is 24.2. The van der Waals surface area contributed by atoms with Crippen LogP contribution in [0.1, 0.15) is 49.2 Å². The Hall–Kier alpha value is -0.840. The van der Waals surface area contributed by atoms with Gasteiger partial charge in [0.1, 0.15) is 0 Å². The molecule has 0 aliphatic carbocycles. The van der Waals surface area contributed by atoms with Crippen LogP contribution in [0.5, 0.6) is 0 Å².